The second-order valence-corrected chi connectivity index (χ2v) is 3.73. The van der Waals surface area contributed by atoms with Crippen molar-refractivity contribution in [2.45, 2.75) is 0 Å². The summed E-state index contributed by atoms with van der Waals surface area (Å²) in [5, 5.41) is 0. The number of benzene rings is 2. The second kappa shape index (κ2) is 5.44. The van der Waals surface area contributed by atoms with Gasteiger partial charge in [0.05, 0.1) is 0 Å². The summed E-state index contributed by atoms with van der Waals surface area (Å²) in [7, 11) is 0. The quantitative estimate of drug-likeness (QED) is 0.477. The smallest absolute Gasteiger partial charge is 0.335 e. The lowest BCUT2D eigenvalue weighted by Crippen LogP contribution is -2.06. The van der Waals surface area contributed by atoms with E-state index in [0.29, 0.717) is 5.56 Å². The van der Waals surface area contributed by atoms with Gasteiger partial charge in [-0.1, -0.05) is 36.9 Å². The molecule has 0 radical (unpaired) electrons. The van der Waals surface area contributed by atoms with E-state index in [-0.39, 0.29) is 5.56 Å². The average Bonchev–Trinajstić information content (AvgIpc) is 2.45. The van der Waals surface area contributed by atoms with Crippen LogP contribution in [0.15, 0.2) is 55.1 Å². The molecule has 0 N–H and O–H groups in total. The molecule has 2 aromatic carbocycles. The van der Waals surface area contributed by atoms with Gasteiger partial charge in [0.15, 0.2) is 11.6 Å². The van der Waals surface area contributed by atoms with Crippen molar-refractivity contribution < 1.29 is 18.3 Å². The van der Waals surface area contributed by atoms with Crippen LogP contribution in [-0.4, -0.2) is 5.97 Å². The molecule has 2 aromatic rings. The second-order valence-electron chi connectivity index (χ2n) is 3.73. The maximum atomic E-state index is 13.9. The minimum atomic E-state index is -1.20. The van der Waals surface area contributed by atoms with Crippen molar-refractivity contribution >= 4 is 5.97 Å². The minimum Gasteiger partial charge on any atom is -0.420 e. The van der Waals surface area contributed by atoms with Gasteiger partial charge in [-0.2, -0.15) is 4.39 Å². The third-order valence-corrected chi connectivity index (χ3v) is 2.51. The minimum absolute atomic E-state index is 0.108. The van der Waals surface area contributed by atoms with Crippen LogP contribution < -0.4 is 4.74 Å². The molecule has 0 aliphatic rings. The lowest BCUT2D eigenvalue weighted by molar-refractivity contribution is -0.129. The summed E-state index contributed by atoms with van der Waals surface area (Å²) in [5.74, 6) is -3.55. The summed E-state index contributed by atoms with van der Waals surface area (Å²) in [6.45, 7) is 3.18. The van der Waals surface area contributed by atoms with E-state index in [1.54, 1.807) is 30.3 Å². The van der Waals surface area contributed by atoms with E-state index < -0.39 is 23.4 Å². The number of carbonyl (C=O) groups excluding carboxylic acids is 1. The first kappa shape index (κ1) is 13.0. The molecule has 0 heterocycles. The average molecular weight is 260 g/mol. The fourth-order valence-corrected chi connectivity index (χ4v) is 1.60. The van der Waals surface area contributed by atoms with Crippen molar-refractivity contribution in [1.29, 1.82) is 0 Å². The molecule has 4 heteroatoms. The highest BCUT2D eigenvalue weighted by Crippen LogP contribution is 2.29. The molecular weight excluding hydrogens is 250 g/mol. The van der Waals surface area contributed by atoms with Crippen LogP contribution in [0.25, 0.3) is 11.1 Å². The van der Waals surface area contributed by atoms with Gasteiger partial charge in [-0.15, -0.1) is 0 Å². The predicted molar refractivity (Wildman–Crippen MR) is 67.6 cm³/mol. The van der Waals surface area contributed by atoms with Crippen LogP contribution in [0.2, 0.25) is 0 Å². The summed E-state index contributed by atoms with van der Waals surface area (Å²) in [4.78, 5) is 11.0. The molecule has 0 spiro atoms. The highest BCUT2D eigenvalue weighted by Gasteiger charge is 2.16. The summed E-state index contributed by atoms with van der Waals surface area (Å²) in [6.07, 6.45) is 0.877. The van der Waals surface area contributed by atoms with Gasteiger partial charge >= 0.3 is 5.97 Å². The van der Waals surface area contributed by atoms with Gasteiger partial charge in [-0.25, -0.2) is 9.18 Å². The van der Waals surface area contributed by atoms with E-state index in [0.717, 1.165) is 6.08 Å². The number of rotatable bonds is 3. The molecule has 0 fully saturated rings. The first-order valence-corrected chi connectivity index (χ1v) is 5.51. The van der Waals surface area contributed by atoms with Gasteiger partial charge in [0.1, 0.15) is 0 Å². The molecule has 0 amide bonds. The Morgan fingerprint density at radius 3 is 2.37 bits per heavy atom. The normalized spacial score (nSPS) is 10.0. The lowest BCUT2D eigenvalue weighted by atomic mass is 10.0. The summed E-state index contributed by atoms with van der Waals surface area (Å²) >= 11 is 0. The number of ether oxygens (including phenoxy) is 1. The molecule has 0 saturated carbocycles. The molecule has 19 heavy (non-hydrogen) atoms. The van der Waals surface area contributed by atoms with Crippen molar-refractivity contribution in [2.24, 2.45) is 0 Å². The highest BCUT2D eigenvalue weighted by atomic mass is 19.2. The van der Waals surface area contributed by atoms with E-state index in [2.05, 4.69) is 11.3 Å². The summed E-state index contributed by atoms with van der Waals surface area (Å²) in [5.41, 5.74) is 0.650. The number of esters is 1. The van der Waals surface area contributed by atoms with Crippen LogP contribution in [0.3, 0.4) is 0 Å². The number of carbonyl (C=O) groups is 1. The Hall–Kier alpha value is -2.49. The number of halogens is 2. The van der Waals surface area contributed by atoms with E-state index in [9.17, 15) is 13.6 Å². The van der Waals surface area contributed by atoms with Crippen LogP contribution >= 0.6 is 0 Å². The molecule has 2 rings (SSSR count). The molecular formula is C15H10F2O2. The Labute approximate surface area is 108 Å². The molecule has 0 atom stereocenters. The maximum absolute atomic E-state index is 13.9. The SMILES string of the molecule is C=CC(=O)Oc1ccc(-c2ccccc2)c(F)c1F. The summed E-state index contributed by atoms with van der Waals surface area (Å²) < 4.78 is 32.3. The first-order chi connectivity index (χ1) is 9.13. The summed E-state index contributed by atoms with van der Waals surface area (Å²) in [6, 6.07) is 11.1. The zero-order chi connectivity index (χ0) is 13.8. The topological polar surface area (TPSA) is 26.3 Å². The molecule has 0 unspecified atom stereocenters. The third-order valence-electron chi connectivity index (χ3n) is 2.51. The molecule has 0 aromatic heterocycles. The fraction of sp³-hybridized carbons (Fsp3) is 0. The Balaban J connectivity index is 2.43. The van der Waals surface area contributed by atoms with Gasteiger partial charge in [-0.3, -0.25) is 0 Å². The molecule has 0 bridgehead atoms. The van der Waals surface area contributed by atoms with Gasteiger partial charge in [0.25, 0.3) is 0 Å². The van der Waals surface area contributed by atoms with Crippen LogP contribution in [0.1, 0.15) is 0 Å². The van der Waals surface area contributed by atoms with E-state index in [4.69, 9.17) is 0 Å². The van der Waals surface area contributed by atoms with Crippen molar-refractivity contribution in [3.05, 3.63) is 66.8 Å². The van der Waals surface area contributed by atoms with Crippen molar-refractivity contribution in [2.75, 3.05) is 0 Å². The Morgan fingerprint density at radius 1 is 1.05 bits per heavy atom. The molecule has 0 aliphatic heterocycles. The number of hydrogen-bond donors (Lipinski definition) is 0. The van der Waals surface area contributed by atoms with Gasteiger partial charge in [0.2, 0.25) is 5.82 Å². The van der Waals surface area contributed by atoms with Gasteiger partial charge in [0, 0.05) is 11.6 Å². The van der Waals surface area contributed by atoms with Crippen molar-refractivity contribution in [3.8, 4) is 16.9 Å². The maximum Gasteiger partial charge on any atom is 0.335 e. The molecule has 0 aliphatic carbocycles. The van der Waals surface area contributed by atoms with E-state index in [1.165, 1.54) is 12.1 Å². The zero-order valence-corrected chi connectivity index (χ0v) is 9.90. The molecule has 96 valence electrons. The fourth-order valence-electron chi connectivity index (χ4n) is 1.60. The number of hydrogen-bond acceptors (Lipinski definition) is 2. The van der Waals surface area contributed by atoms with Crippen LogP contribution in [0.5, 0.6) is 5.75 Å². The molecule has 2 nitrogen and oxygen atoms in total. The first-order valence-electron chi connectivity index (χ1n) is 5.51. The van der Waals surface area contributed by atoms with Crippen molar-refractivity contribution in [3.63, 3.8) is 0 Å². The predicted octanol–water partition coefficient (Wildman–Crippen LogP) is 3.72. The van der Waals surface area contributed by atoms with Crippen LogP contribution in [0.4, 0.5) is 8.78 Å². The lowest BCUT2D eigenvalue weighted by Gasteiger charge is -2.08. The van der Waals surface area contributed by atoms with E-state index >= 15 is 0 Å². The Kier molecular flexibility index (Phi) is 3.71. The largest absolute Gasteiger partial charge is 0.420 e. The zero-order valence-electron chi connectivity index (χ0n) is 9.90. The Bertz CT molecular complexity index is 622. The van der Waals surface area contributed by atoms with Gasteiger partial charge < -0.3 is 4.74 Å². The van der Waals surface area contributed by atoms with Crippen LogP contribution in [0, 0.1) is 11.6 Å². The van der Waals surface area contributed by atoms with E-state index in [1.807, 2.05) is 0 Å². The monoisotopic (exact) mass is 260 g/mol. The van der Waals surface area contributed by atoms with Crippen molar-refractivity contribution in [1.82, 2.24) is 0 Å². The van der Waals surface area contributed by atoms with Crippen LogP contribution in [-0.2, 0) is 4.79 Å². The Morgan fingerprint density at radius 2 is 1.74 bits per heavy atom. The standard InChI is InChI=1S/C15H10F2O2/c1-2-13(18)19-12-9-8-11(14(16)15(12)17)10-6-4-3-5-7-10/h2-9H,1H2. The van der Waals surface area contributed by atoms with Gasteiger partial charge in [-0.05, 0) is 17.7 Å². The highest BCUT2D eigenvalue weighted by molar-refractivity contribution is 5.83. The third kappa shape index (κ3) is 2.68. The molecule has 0 saturated heterocycles.